The van der Waals surface area contributed by atoms with Crippen molar-refractivity contribution in [3.05, 3.63) is 33.3 Å². The van der Waals surface area contributed by atoms with Crippen LogP contribution in [0.2, 0.25) is 5.02 Å². The molecule has 21 heavy (non-hydrogen) atoms. The van der Waals surface area contributed by atoms with Gasteiger partial charge >= 0.3 is 12.0 Å². The van der Waals surface area contributed by atoms with E-state index in [0.29, 0.717) is 0 Å². The predicted molar refractivity (Wildman–Crippen MR) is 73.4 cm³/mol. The Morgan fingerprint density at radius 1 is 1.43 bits per heavy atom. The van der Waals surface area contributed by atoms with Crippen LogP contribution in [0, 0.1) is 10.1 Å². The molecule has 0 saturated carbocycles. The minimum atomic E-state index is -1.53. The molecule has 0 aliphatic carbocycles. The molecule has 0 fully saturated rings. The van der Waals surface area contributed by atoms with Gasteiger partial charge in [-0.1, -0.05) is 11.6 Å². The SMILES string of the molecule is CC(O)C(NC(=O)Nc1cc([N+](=O)[O-])ccc1Cl)C(=O)O. The van der Waals surface area contributed by atoms with Crippen LogP contribution in [0.5, 0.6) is 0 Å². The highest BCUT2D eigenvalue weighted by molar-refractivity contribution is 6.33. The van der Waals surface area contributed by atoms with E-state index >= 15 is 0 Å². The maximum Gasteiger partial charge on any atom is 0.328 e. The third-order valence-corrected chi connectivity index (χ3v) is 2.77. The van der Waals surface area contributed by atoms with Gasteiger partial charge in [0.25, 0.3) is 5.69 Å². The lowest BCUT2D eigenvalue weighted by atomic mass is 10.2. The molecule has 1 rings (SSSR count). The molecule has 0 bridgehead atoms. The molecule has 9 nitrogen and oxygen atoms in total. The lowest BCUT2D eigenvalue weighted by Crippen LogP contribution is -2.49. The molecule has 0 aliphatic heterocycles. The second kappa shape index (κ2) is 6.86. The van der Waals surface area contributed by atoms with Crippen LogP contribution in [-0.4, -0.2) is 39.3 Å². The van der Waals surface area contributed by atoms with Gasteiger partial charge in [0.05, 0.1) is 21.7 Å². The third kappa shape index (κ3) is 4.58. The molecule has 2 unspecified atom stereocenters. The quantitative estimate of drug-likeness (QED) is 0.475. The van der Waals surface area contributed by atoms with E-state index in [0.717, 1.165) is 12.1 Å². The maximum atomic E-state index is 11.6. The van der Waals surface area contributed by atoms with Crippen LogP contribution in [-0.2, 0) is 4.79 Å². The van der Waals surface area contributed by atoms with Crippen molar-refractivity contribution in [1.82, 2.24) is 5.32 Å². The number of amides is 2. The molecule has 0 aliphatic rings. The number of nitrogens with one attached hydrogen (secondary N) is 2. The second-order valence-electron chi connectivity index (χ2n) is 4.08. The molecular formula is C11H12ClN3O6. The minimum Gasteiger partial charge on any atom is -0.480 e. The summed E-state index contributed by atoms with van der Waals surface area (Å²) in [5, 5.41) is 32.9. The molecule has 10 heteroatoms. The zero-order chi connectivity index (χ0) is 16.2. The smallest absolute Gasteiger partial charge is 0.328 e. The number of nitro benzene ring substituents is 1. The van der Waals surface area contributed by atoms with Crippen molar-refractivity contribution in [3.8, 4) is 0 Å². The number of hydrogen-bond acceptors (Lipinski definition) is 5. The van der Waals surface area contributed by atoms with Gasteiger partial charge in [0.1, 0.15) is 0 Å². The summed E-state index contributed by atoms with van der Waals surface area (Å²) in [5.74, 6) is -1.43. The summed E-state index contributed by atoms with van der Waals surface area (Å²) in [6.07, 6.45) is -1.33. The number of carbonyl (C=O) groups is 2. The van der Waals surface area contributed by atoms with Crippen LogP contribution < -0.4 is 10.6 Å². The van der Waals surface area contributed by atoms with Crippen LogP contribution >= 0.6 is 11.6 Å². The average molecular weight is 318 g/mol. The molecule has 114 valence electrons. The van der Waals surface area contributed by atoms with Crippen LogP contribution in [0.3, 0.4) is 0 Å². The molecule has 0 heterocycles. The lowest BCUT2D eigenvalue weighted by molar-refractivity contribution is -0.384. The van der Waals surface area contributed by atoms with Gasteiger partial charge in [-0.15, -0.1) is 0 Å². The zero-order valence-corrected chi connectivity index (χ0v) is 11.5. The van der Waals surface area contributed by atoms with E-state index in [-0.39, 0.29) is 16.4 Å². The van der Waals surface area contributed by atoms with Crippen molar-refractivity contribution < 1.29 is 24.7 Å². The molecule has 0 spiro atoms. The number of benzene rings is 1. The molecule has 1 aromatic rings. The predicted octanol–water partition coefficient (Wildman–Crippen LogP) is 1.20. The number of rotatable bonds is 5. The number of anilines is 1. The van der Waals surface area contributed by atoms with E-state index in [1.54, 1.807) is 0 Å². The van der Waals surface area contributed by atoms with Gasteiger partial charge in [-0.25, -0.2) is 9.59 Å². The molecule has 1 aromatic carbocycles. The second-order valence-corrected chi connectivity index (χ2v) is 4.48. The van der Waals surface area contributed by atoms with E-state index in [9.17, 15) is 24.8 Å². The number of non-ortho nitro benzene ring substituents is 1. The monoisotopic (exact) mass is 317 g/mol. The van der Waals surface area contributed by atoms with E-state index in [2.05, 4.69) is 5.32 Å². The van der Waals surface area contributed by atoms with Gasteiger partial charge in [0, 0.05) is 12.1 Å². The van der Waals surface area contributed by atoms with Crippen molar-refractivity contribution >= 4 is 35.0 Å². The minimum absolute atomic E-state index is 0.0414. The normalized spacial score (nSPS) is 13.1. The Balaban J connectivity index is 2.85. The third-order valence-electron chi connectivity index (χ3n) is 2.44. The summed E-state index contributed by atoms with van der Waals surface area (Å²) in [6.45, 7) is 1.19. The van der Waals surface area contributed by atoms with E-state index < -0.39 is 29.1 Å². The fourth-order valence-electron chi connectivity index (χ4n) is 1.41. The van der Waals surface area contributed by atoms with Crippen LogP contribution in [0.15, 0.2) is 18.2 Å². The van der Waals surface area contributed by atoms with Crippen molar-refractivity contribution in [1.29, 1.82) is 0 Å². The van der Waals surface area contributed by atoms with Gasteiger partial charge in [-0.2, -0.15) is 0 Å². The van der Waals surface area contributed by atoms with Crippen molar-refractivity contribution in [2.45, 2.75) is 19.1 Å². The van der Waals surface area contributed by atoms with Gasteiger partial charge < -0.3 is 20.8 Å². The Hall–Kier alpha value is -2.39. The summed E-state index contributed by atoms with van der Waals surface area (Å²) in [6, 6.07) is 0.910. The summed E-state index contributed by atoms with van der Waals surface area (Å²) < 4.78 is 0. The summed E-state index contributed by atoms with van der Waals surface area (Å²) in [5.41, 5.74) is -0.349. The van der Waals surface area contributed by atoms with Crippen LogP contribution in [0.4, 0.5) is 16.2 Å². The highest BCUT2D eigenvalue weighted by Gasteiger charge is 2.25. The topological polar surface area (TPSA) is 142 Å². The molecule has 4 N–H and O–H groups in total. The first-order chi connectivity index (χ1) is 9.72. The number of carboxylic acid groups (broad SMARTS) is 1. The Morgan fingerprint density at radius 3 is 2.52 bits per heavy atom. The average Bonchev–Trinajstić information content (AvgIpc) is 2.37. The first-order valence-corrected chi connectivity index (χ1v) is 6.02. The van der Waals surface area contributed by atoms with Gasteiger partial charge in [0.15, 0.2) is 6.04 Å². The standard InChI is InChI=1S/C11H12ClN3O6/c1-5(16)9(10(17)18)14-11(19)13-8-4-6(15(20)21)2-3-7(8)12/h2-5,9,16H,1H3,(H,17,18)(H2,13,14,19). The highest BCUT2D eigenvalue weighted by atomic mass is 35.5. The van der Waals surface area contributed by atoms with Gasteiger partial charge in [0.2, 0.25) is 0 Å². The number of nitrogens with zero attached hydrogens (tertiary/aromatic N) is 1. The van der Waals surface area contributed by atoms with Crippen LogP contribution in [0.1, 0.15) is 6.92 Å². The van der Waals surface area contributed by atoms with Crippen molar-refractivity contribution in [3.63, 3.8) is 0 Å². The summed E-state index contributed by atoms with van der Waals surface area (Å²) in [7, 11) is 0. The number of hydrogen-bond donors (Lipinski definition) is 4. The van der Waals surface area contributed by atoms with E-state index in [1.807, 2.05) is 5.32 Å². The summed E-state index contributed by atoms with van der Waals surface area (Å²) in [4.78, 5) is 32.4. The Bertz CT molecular complexity index is 577. The van der Waals surface area contributed by atoms with Crippen molar-refractivity contribution in [2.75, 3.05) is 5.32 Å². The molecule has 2 amide bonds. The number of aliphatic hydroxyl groups is 1. The van der Waals surface area contributed by atoms with Crippen LogP contribution in [0.25, 0.3) is 0 Å². The first kappa shape index (κ1) is 16.7. The largest absolute Gasteiger partial charge is 0.480 e. The van der Waals surface area contributed by atoms with Gasteiger partial charge in [-0.05, 0) is 13.0 Å². The molecule has 0 aromatic heterocycles. The first-order valence-electron chi connectivity index (χ1n) is 5.64. The molecule has 0 saturated heterocycles. The fraction of sp³-hybridized carbons (Fsp3) is 0.273. The Labute approximate surface area is 123 Å². The number of halogens is 1. The summed E-state index contributed by atoms with van der Waals surface area (Å²) >= 11 is 5.78. The Kier molecular flexibility index (Phi) is 5.44. The highest BCUT2D eigenvalue weighted by Crippen LogP contribution is 2.26. The lowest BCUT2D eigenvalue weighted by Gasteiger charge is -2.17. The number of urea groups is 1. The fourth-order valence-corrected chi connectivity index (χ4v) is 1.58. The van der Waals surface area contributed by atoms with E-state index in [4.69, 9.17) is 16.7 Å². The van der Waals surface area contributed by atoms with E-state index in [1.165, 1.54) is 13.0 Å². The number of aliphatic hydroxyl groups excluding tert-OH is 1. The maximum absolute atomic E-state index is 11.6. The molecular weight excluding hydrogens is 306 g/mol. The van der Waals surface area contributed by atoms with Gasteiger partial charge in [-0.3, -0.25) is 10.1 Å². The number of carboxylic acids is 1. The number of aliphatic carboxylic acids is 1. The molecule has 0 radical (unpaired) electrons. The van der Waals surface area contributed by atoms with Crippen molar-refractivity contribution in [2.24, 2.45) is 0 Å². The zero-order valence-electron chi connectivity index (χ0n) is 10.7. The number of carbonyl (C=O) groups excluding carboxylic acids is 1. The number of nitro groups is 1. The Morgan fingerprint density at radius 2 is 2.05 bits per heavy atom. The molecule has 2 atom stereocenters.